The molecular weight excluding hydrogens is 432 g/mol. The van der Waals surface area contributed by atoms with Crippen LogP contribution in [0, 0.1) is 0 Å². The summed E-state index contributed by atoms with van der Waals surface area (Å²) < 4.78 is 33.2. The first kappa shape index (κ1) is 22.8. The van der Waals surface area contributed by atoms with Crippen molar-refractivity contribution in [1.82, 2.24) is 0 Å². The van der Waals surface area contributed by atoms with Gasteiger partial charge in [-0.15, -0.1) is 11.3 Å². The zero-order valence-electron chi connectivity index (χ0n) is 17.7. The molecule has 0 fully saturated rings. The fourth-order valence-electron chi connectivity index (χ4n) is 3.12. The largest absolute Gasteiger partial charge is 0.495 e. The second-order valence-electron chi connectivity index (χ2n) is 7.10. The van der Waals surface area contributed by atoms with Crippen molar-refractivity contribution in [2.24, 2.45) is 0 Å². The second-order valence-corrected chi connectivity index (χ2v) is 10.1. The van der Waals surface area contributed by atoms with Gasteiger partial charge in [-0.1, -0.05) is 44.2 Å². The highest BCUT2D eigenvalue weighted by Crippen LogP contribution is 2.33. The van der Waals surface area contributed by atoms with E-state index in [0.29, 0.717) is 23.0 Å². The minimum atomic E-state index is -3.94. The maximum atomic E-state index is 13.3. The Hall–Kier alpha value is -2.84. The Bertz CT molecular complexity index is 1110. The Morgan fingerprint density at radius 2 is 1.81 bits per heavy atom. The summed E-state index contributed by atoms with van der Waals surface area (Å²) in [5.74, 6) is 0.359. The van der Waals surface area contributed by atoms with Gasteiger partial charge in [0.15, 0.2) is 0 Å². The average molecular weight is 459 g/mol. The van der Waals surface area contributed by atoms with E-state index in [1.165, 1.54) is 18.7 Å². The zero-order valence-corrected chi connectivity index (χ0v) is 19.4. The molecule has 3 aromatic rings. The van der Waals surface area contributed by atoms with E-state index in [-0.39, 0.29) is 10.8 Å². The summed E-state index contributed by atoms with van der Waals surface area (Å²) in [7, 11) is -2.48. The van der Waals surface area contributed by atoms with E-state index in [1.54, 1.807) is 35.7 Å². The lowest BCUT2D eigenvalue weighted by Gasteiger charge is -2.25. The van der Waals surface area contributed by atoms with Crippen molar-refractivity contribution in [3.05, 3.63) is 71.6 Å². The number of nitrogens with one attached hydrogen (secondary N) is 1. The topological polar surface area (TPSA) is 75.7 Å². The molecule has 0 aliphatic heterocycles. The number of amides is 1. The van der Waals surface area contributed by atoms with E-state index in [4.69, 9.17) is 4.74 Å². The molecule has 6 nitrogen and oxygen atoms in total. The smallest absolute Gasteiger partial charge is 0.274 e. The molecule has 0 aliphatic carbocycles. The Labute approximate surface area is 187 Å². The first-order chi connectivity index (χ1) is 14.9. The van der Waals surface area contributed by atoms with Gasteiger partial charge in [0, 0.05) is 5.69 Å². The molecule has 0 saturated carbocycles. The molecule has 0 aliphatic rings. The quantitative estimate of drug-likeness (QED) is 0.484. The van der Waals surface area contributed by atoms with E-state index in [2.05, 4.69) is 19.2 Å². The van der Waals surface area contributed by atoms with Crippen LogP contribution in [0.25, 0.3) is 0 Å². The van der Waals surface area contributed by atoms with Crippen LogP contribution >= 0.6 is 11.3 Å². The fourth-order valence-corrected chi connectivity index (χ4v) is 5.65. The third kappa shape index (κ3) is 5.26. The van der Waals surface area contributed by atoms with Gasteiger partial charge in [0.2, 0.25) is 5.91 Å². The van der Waals surface area contributed by atoms with Crippen molar-refractivity contribution < 1.29 is 17.9 Å². The summed E-state index contributed by atoms with van der Waals surface area (Å²) in [6, 6.07) is 17.5. The van der Waals surface area contributed by atoms with Gasteiger partial charge in [-0.3, -0.25) is 9.10 Å². The number of carbonyl (C=O) groups is 1. The number of carbonyl (C=O) groups excluding carboxylic acids is 1. The lowest BCUT2D eigenvalue weighted by molar-refractivity contribution is -0.114. The van der Waals surface area contributed by atoms with Crippen molar-refractivity contribution in [3.63, 3.8) is 0 Å². The first-order valence-electron chi connectivity index (χ1n) is 9.96. The SMILES string of the molecule is CC[C@@H](C)c1ccc(NC(=O)CN(c2ccccc2OC)S(=O)(=O)c2cccs2)cc1. The highest BCUT2D eigenvalue weighted by Gasteiger charge is 2.30. The monoisotopic (exact) mass is 458 g/mol. The molecule has 8 heteroatoms. The summed E-state index contributed by atoms with van der Waals surface area (Å²) in [5, 5.41) is 4.49. The van der Waals surface area contributed by atoms with Gasteiger partial charge in [0.25, 0.3) is 10.0 Å². The maximum Gasteiger partial charge on any atom is 0.274 e. The molecule has 1 amide bonds. The number of rotatable bonds is 9. The summed E-state index contributed by atoms with van der Waals surface area (Å²) in [6.45, 7) is 3.89. The molecule has 1 aromatic heterocycles. The van der Waals surface area contributed by atoms with Gasteiger partial charge in [-0.05, 0) is 53.6 Å². The fraction of sp³-hybridized carbons (Fsp3) is 0.261. The van der Waals surface area contributed by atoms with Crippen molar-refractivity contribution >= 4 is 38.6 Å². The van der Waals surface area contributed by atoms with Crippen molar-refractivity contribution in [1.29, 1.82) is 0 Å². The molecule has 31 heavy (non-hydrogen) atoms. The summed E-state index contributed by atoms with van der Waals surface area (Å²) in [4.78, 5) is 12.8. The number of para-hydroxylation sites is 2. The molecule has 0 radical (unpaired) electrons. The van der Waals surface area contributed by atoms with E-state index in [1.807, 2.05) is 24.3 Å². The normalized spacial score (nSPS) is 12.2. The van der Waals surface area contributed by atoms with Crippen molar-refractivity contribution in [2.75, 3.05) is 23.3 Å². The van der Waals surface area contributed by atoms with Crippen LogP contribution in [0.2, 0.25) is 0 Å². The van der Waals surface area contributed by atoms with Crippen LogP contribution in [-0.2, 0) is 14.8 Å². The third-order valence-corrected chi connectivity index (χ3v) is 8.19. The zero-order chi connectivity index (χ0) is 22.4. The van der Waals surface area contributed by atoms with Gasteiger partial charge >= 0.3 is 0 Å². The minimum absolute atomic E-state index is 0.157. The van der Waals surface area contributed by atoms with E-state index in [9.17, 15) is 13.2 Å². The molecule has 2 aromatic carbocycles. The van der Waals surface area contributed by atoms with Crippen molar-refractivity contribution in [3.8, 4) is 5.75 Å². The predicted octanol–water partition coefficient (Wildman–Crippen LogP) is 5.10. The van der Waals surface area contributed by atoms with Crippen LogP contribution in [0.4, 0.5) is 11.4 Å². The summed E-state index contributed by atoms with van der Waals surface area (Å²) in [5.41, 5.74) is 2.11. The van der Waals surface area contributed by atoms with Crippen LogP contribution < -0.4 is 14.4 Å². The van der Waals surface area contributed by atoms with Gasteiger partial charge in [0.1, 0.15) is 16.5 Å². The Morgan fingerprint density at radius 1 is 1.10 bits per heavy atom. The Morgan fingerprint density at radius 3 is 2.42 bits per heavy atom. The van der Waals surface area contributed by atoms with E-state index >= 15 is 0 Å². The molecule has 0 unspecified atom stereocenters. The Kier molecular flexibility index (Phi) is 7.35. The molecule has 1 atom stereocenters. The number of sulfonamides is 1. The highest BCUT2D eigenvalue weighted by molar-refractivity contribution is 7.94. The predicted molar refractivity (Wildman–Crippen MR) is 126 cm³/mol. The number of anilines is 2. The van der Waals surface area contributed by atoms with Gasteiger partial charge in [-0.2, -0.15) is 0 Å². The molecule has 164 valence electrons. The van der Waals surface area contributed by atoms with Gasteiger partial charge < -0.3 is 10.1 Å². The number of thiophene rings is 1. The van der Waals surface area contributed by atoms with Gasteiger partial charge in [-0.25, -0.2) is 8.42 Å². The summed E-state index contributed by atoms with van der Waals surface area (Å²) >= 11 is 1.10. The first-order valence-corrected chi connectivity index (χ1v) is 12.3. The lowest BCUT2D eigenvalue weighted by atomic mass is 9.99. The lowest BCUT2D eigenvalue weighted by Crippen LogP contribution is -2.38. The van der Waals surface area contributed by atoms with Crippen LogP contribution in [0.3, 0.4) is 0 Å². The number of benzene rings is 2. The highest BCUT2D eigenvalue weighted by atomic mass is 32.2. The molecule has 1 N–H and O–H groups in total. The number of methoxy groups -OCH3 is 1. The number of nitrogens with zero attached hydrogens (tertiary/aromatic N) is 1. The molecule has 0 saturated heterocycles. The van der Waals surface area contributed by atoms with Crippen LogP contribution in [0.15, 0.2) is 70.3 Å². The van der Waals surface area contributed by atoms with Gasteiger partial charge in [0.05, 0.1) is 12.8 Å². The number of ether oxygens (including phenoxy) is 1. The van der Waals surface area contributed by atoms with Crippen molar-refractivity contribution in [2.45, 2.75) is 30.4 Å². The standard InChI is InChI=1S/C23H26N2O4S2/c1-4-17(2)18-11-13-19(14-12-18)24-22(26)16-25(20-8-5-6-9-21(20)29-3)31(27,28)23-10-7-15-30-23/h5-15,17H,4,16H2,1-3H3,(H,24,26)/t17-/m1/s1. The Balaban J connectivity index is 1.87. The average Bonchev–Trinajstić information content (AvgIpc) is 3.33. The molecule has 0 spiro atoms. The molecule has 1 heterocycles. The van der Waals surface area contributed by atoms with E-state index in [0.717, 1.165) is 22.1 Å². The molecular formula is C23H26N2O4S2. The van der Waals surface area contributed by atoms with Crippen LogP contribution in [-0.4, -0.2) is 28.0 Å². The van der Waals surface area contributed by atoms with Crippen LogP contribution in [0.1, 0.15) is 31.7 Å². The number of hydrogen-bond donors (Lipinski definition) is 1. The maximum absolute atomic E-state index is 13.3. The van der Waals surface area contributed by atoms with Crippen LogP contribution in [0.5, 0.6) is 5.75 Å². The molecule has 3 rings (SSSR count). The summed E-state index contributed by atoms with van der Waals surface area (Å²) in [6.07, 6.45) is 1.03. The van der Waals surface area contributed by atoms with E-state index < -0.39 is 15.9 Å². The third-order valence-electron chi connectivity index (χ3n) is 5.06. The minimum Gasteiger partial charge on any atom is -0.495 e. The molecule has 0 bridgehead atoms. The number of hydrogen-bond acceptors (Lipinski definition) is 5. The second kappa shape index (κ2) is 9.98.